The molecule has 0 spiro atoms. The van der Waals surface area contributed by atoms with E-state index in [1.165, 1.54) is 18.4 Å². The van der Waals surface area contributed by atoms with Crippen LogP contribution in [0, 0.1) is 0 Å². The van der Waals surface area contributed by atoms with Gasteiger partial charge < -0.3 is 4.98 Å². The Morgan fingerprint density at radius 2 is 2.04 bits per heavy atom. The van der Waals surface area contributed by atoms with E-state index in [4.69, 9.17) is 0 Å². The van der Waals surface area contributed by atoms with Crippen molar-refractivity contribution in [2.24, 2.45) is 0 Å². The number of H-pyrrole nitrogens is 1. The number of anilines is 2. The molecule has 8 heteroatoms. The molecule has 7 nitrogen and oxygen atoms in total. The minimum Gasteiger partial charge on any atom is -0.333 e. The molecule has 130 valence electrons. The van der Waals surface area contributed by atoms with Crippen LogP contribution in [-0.4, -0.2) is 36.3 Å². The molecular weight excluding hydrogens is 382 g/mol. The first-order valence-electron chi connectivity index (χ1n) is 8.59. The number of pyridine rings is 1. The van der Waals surface area contributed by atoms with Crippen molar-refractivity contribution in [3.05, 3.63) is 46.3 Å². The predicted octanol–water partition coefficient (Wildman–Crippen LogP) is 3.44. The van der Waals surface area contributed by atoms with E-state index < -0.39 is 0 Å². The maximum atomic E-state index is 4.60. The number of unbranched alkanes of at least 4 members (excludes halogenated alkanes) is 2. The number of rotatable bonds is 6. The summed E-state index contributed by atoms with van der Waals surface area (Å²) in [4.78, 5) is 14.2. The van der Waals surface area contributed by atoms with Crippen molar-refractivity contribution in [1.29, 1.82) is 0 Å². The summed E-state index contributed by atoms with van der Waals surface area (Å²) in [5, 5.41) is 8.93. The summed E-state index contributed by atoms with van der Waals surface area (Å²) in [6.07, 6.45) is 7.84. The van der Waals surface area contributed by atoms with Crippen molar-refractivity contribution in [2.45, 2.75) is 39.2 Å². The summed E-state index contributed by atoms with van der Waals surface area (Å²) in [5.74, 6) is 2.79. The summed E-state index contributed by atoms with van der Waals surface area (Å²) in [6.45, 7) is 3.81. The lowest BCUT2D eigenvalue weighted by Gasteiger charge is -2.27. The van der Waals surface area contributed by atoms with Gasteiger partial charge in [0.15, 0.2) is 10.6 Å². The van der Waals surface area contributed by atoms with Gasteiger partial charge in [-0.2, -0.15) is 0 Å². The average molecular weight is 402 g/mol. The maximum absolute atomic E-state index is 4.60. The van der Waals surface area contributed by atoms with E-state index >= 15 is 0 Å². The number of nitrogens with one attached hydrogen (secondary N) is 1. The van der Waals surface area contributed by atoms with Crippen LogP contribution in [0.25, 0.3) is 0 Å². The summed E-state index contributed by atoms with van der Waals surface area (Å²) < 4.78 is 2.94. The van der Waals surface area contributed by atoms with Crippen molar-refractivity contribution in [2.75, 3.05) is 11.4 Å². The molecule has 1 N–H and O–H groups in total. The molecule has 4 heterocycles. The molecule has 1 aliphatic rings. The van der Waals surface area contributed by atoms with Gasteiger partial charge in [-0.05, 0) is 40.0 Å². The molecule has 0 aliphatic carbocycles. The number of fused-ring (bicyclic) bond motifs is 2. The molecule has 0 saturated carbocycles. The quantitative estimate of drug-likeness (QED) is 0.640. The van der Waals surface area contributed by atoms with Crippen molar-refractivity contribution in [1.82, 2.24) is 29.7 Å². The molecule has 0 atom stereocenters. The van der Waals surface area contributed by atoms with Gasteiger partial charge in [0.05, 0.1) is 12.2 Å². The molecular formula is C17H20BrN7. The van der Waals surface area contributed by atoms with Crippen LogP contribution >= 0.6 is 15.9 Å². The highest BCUT2D eigenvalue weighted by molar-refractivity contribution is 9.10. The Labute approximate surface area is 154 Å². The Morgan fingerprint density at radius 3 is 2.84 bits per heavy atom. The molecule has 3 aromatic rings. The SMILES string of the molecule is CCCCCN1c2nc(Br)[nH]c2Cn2c(Cc3ccncc3)nnc21. The van der Waals surface area contributed by atoms with Gasteiger partial charge >= 0.3 is 0 Å². The fourth-order valence-electron chi connectivity index (χ4n) is 3.18. The zero-order chi connectivity index (χ0) is 17.2. The van der Waals surface area contributed by atoms with Crippen molar-refractivity contribution in [3.8, 4) is 0 Å². The van der Waals surface area contributed by atoms with E-state index in [1.54, 1.807) is 0 Å². The minimum absolute atomic E-state index is 0.709. The lowest BCUT2D eigenvalue weighted by Crippen LogP contribution is -2.28. The monoisotopic (exact) mass is 401 g/mol. The second-order valence-electron chi connectivity index (χ2n) is 6.22. The van der Waals surface area contributed by atoms with Gasteiger partial charge in [0.25, 0.3) is 0 Å². The molecule has 4 rings (SSSR count). The smallest absolute Gasteiger partial charge is 0.233 e. The van der Waals surface area contributed by atoms with Crippen molar-refractivity contribution < 1.29 is 0 Å². The Morgan fingerprint density at radius 1 is 1.20 bits per heavy atom. The molecule has 1 aliphatic heterocycles. The van der Waals surface area contributed by atoms with Gasteiger partial charge in [0, 0.05) is 25.4 Å². The van der Waals surface area contributed by atoms with Gasteiger partial charge in [-0.25, -0.2) is 4.98 Å². The minimum atomic E-state index is 0.709. The van der Waals surface area contributed by atoms with E-state index in [0.717, 1.165) is 47.4 Å². The van der Waals surface area contributed by atoms with Gasteiger partial charge in [-0.15, -0.1) is 10.2 Å². The number of imidazole rings is 1. The lowest BCUT2D eigenvalue weighted by molar-refractivity contribution is 0.654. The zero-order valence-corrected chi connectivity index (χ0v) is 15.7. The summed E-state index contributed by atoms with van der Waals surface area (Å²) in [5.41, 5.74) is 2.27. The lowest BCUT2D eigenvalue weighted by atomic mass is 10.2. The molecule has 0 radical (unpaired) electrons. The van der Waals surface area contributed by atoms with Crippen LogP contribution in [0.1, 0.15) is 43.3 Å². The van der Waals surface area contributed by atoms with E-state index in [1.807, 2.05) is 24.5 Å². The molecule has 3 aromatic heterocycles. The molecule has 0 bridgehead atoms. The number of hydrogen-bond donors (Lipinski definition) is 1. The highest BCUT2D eigenvalue weighted by Gasteiger charge is 2.29. The van der Waals surface area contributed by atoms with Crippen LogP contribution < -0.4 is 4.90 Å². The Balaban J connectivity index is 1.67. The number of halogens is 1. The fourth-order valence-corrected chi connectivity index (χ4v) is 3.59. The van der Waals surface area contributed by atoms with Gasteiger partial charge in [0.2, 0.25) is 5.95 Å². The van der Waals surface area contributed by atoms with Crippen LogP contribution in [0.5, 0.6) is 0 Å². The van der Waals surface area contributed by atoms with Crippen molar-refractivity contribution >= 4 is 27.7 Å². The zero-order valence-electron chi connectivity index (χ0n) is 14.1. The highest BCUT2D eigenvalue weighted by Crippen LogP contribution is 2.34. The van der Waals surface area contributed by atoms with E-state index in [-0.39, 0.29) is 0 Å². The summed E-state index contributed by atoms with van der Waals surface area (Å²) in [6, 6.07) is 4.03. The van der Waals surface area contributed by atoms with E-state index in [9.17, 15) is 0 Å². The second kappa shape index (κ2) is 6.95. The van der Waals surface area contributed by atoms with E-state index in [0.29, 0.717) is 6.54 Å². The largest absolute Gasteiger partial charge is 0.333 e. The first-order chi connectivity index (χ1) is 12.3. The molecule has 0 fully saturated rings. The first-order valence-corrected chi connectivity index (χ1v) is 9.38. The summed E-state index contributed by atoms with van der Waals surface area (Å²) >= 11 is 3.46. The third kappa shape index (κ3) is 3.18. The molecule has 0 saturated heterocycles. The van der Waals surface area contributed by atoms with Crippen LogP contribution in [-0.2, 0) is 13.0 Å². The molecule has 0 aromatic carbocycles. The Hall–Kier alpha value is -2.22. The van der Waals surface area contributed by atoms with Gasteiger partial charge in [0.1, 0.15) is 5.82 Å². The normalized spacial score (nSPS) is 13.0. The molecule has 0 amide bonds. The highest BCUT2D eigenvalue weighted by atomic mass is 79.9. The van der Waals surface area contributed by atoms with Crippen LogP contribution in [0.15, 0.2) is 29.3 Å². The average Bonchev–Trinajstić information content (AvgIpc) is 3.18. The van der Waals surface area contributed by atoms with E-state index in [2.05, 4.69) is 57.5 Å². The Bertz CT molecular complexity index is 855. The number of nitrogens with zero attached hydrogens (tertiary/aromatic N) is 6. The van der Waals surface area contributed by atoms with Crippen LogP contribution in [0.4, 0.5) is 11.8 Å². The second-order valence-corrected chi connectivity index (χ2v) is 6.97. The summed E-state index contributed by atoms with van der Waals surface area (Å²) in [7, 11) is 0. The fraction of sp³-hybridized carbons (Fsp3) is 0.412. The molecule has 0 unspecified atom stereocenters. The standard InChI is InChI=1S/C17H20BrN7/c1-2-3-4-9-24-15-13(20-16(18)21-15)11-25-14(22-23-17(24)25)10-12-5-7-19-8-6-12/h5-8H,2-4,9-11H2,1H3,(H,20,21). The van der Waals surface area contributed by atoms with Crippen LogP contribution in [0.2, 0.25) is 0 Å². The number of aromatic nitrogens is 6. The third-order valence-corrected chi connectivity index (χ3v) is 4.82. The molecule has 25 heavy (non-hydrogen) atoms. The van der Waals surface area contributed by atoms with Gasteiger partial charge in [-0.1, -0.05) is 19.8 Å². The third-order valence-electron chi connectivity index (χ3n) is 4.45. The predicted molar refractivity (Wildman–Crippen MR) is 99.0 cm³/mol. The van der Waals surface area contributed by atoms with Crippen molar-refractivity contribution in [3.63, 3.8) is 0 Å². The number of aromatic amines is 1. The van der Waals surface area contributed by atoms with Gasteiger partial charge in [-0.3, -0.25) is 14.5 Å². The van der Waals surface area contributed by atoms with Crippen LogP contribution in [0.3, 0.4) is 0 Å². The Kier molecular flexibility index (Phi) is 4.52. The first kappa shape index (κ1) is 16.3. The topological polar surface area (TPSA) is 75.5 Å². The maximum Gasteiger partial charge on any atom is 0.233 e. The number of hydrogen-bond acceptors (Lipinski definition) is 5.